The molecule has 2 nitrogen and oxygen atoms in total. The molecule has 0 aromatic carbocycles. The van der Waals surface area contributed by atoms with Crippen LogP contribution in [0.3, 0.4) is 0 Å². The molecule has 1 heterocycles. The Kier molecular flexibility index (Phi) is 3.74. The average molecular weight is 185 g/mol. The molecular weight excluding hydrogens is 162 g/mol. The second-order valence-electron chi connectivity index (χ2n) is 4.87. The molecule has 13 heavy (non-hydrogen) atoms. The highest BCUT2D eigenvalue weighted by Crippen LogP contribution is 2.25. The van der Waals surface area contributed by atoms with Crippen molar-refractivity contribution in [2.45, 2.75) is 45.6 Å². The highest BCUT2D eigenvalue weighted by atomic mass is 16.3. The maximum Gasteiger partial charge on any atom is 0.0900 e. The van der Waals surface area contributed by atoms with Gasteiger partial charge in [0.25, 0.3) is 0 Å². The molecule has 0 aliphatic carbocycles. The van der Waals surface area contributed by atoms with Crippen LogP contribution in [0.25, 0.3) is 0 Å². The summed E-state index contributed by atoms with van der Waals surface area (Å²) < 4.78 is 0. The van der Waals surface area contributed by atoms with E-state index in [4.69, 9.17) is 0 Å². The zero-order valence-corrected chi connectivity index (χ0v) is 9.21. The van der Waals surface area contributed by atoms with Crippen molar-refractivity contribution in [2.24, 2.45) is 5.92 Å². The van der Waals surface area contributed by atoms with E-state index in [-0.39, 0.29) is 5.60 Å². The maximum absolute atomic E-state index is 9.90. The third kappa shape index (κ3) is 3.28. The second-order valence-corrected chi connectivity index (χ2v) is 4.87. The van der Waals surface area contributed by atoms with Gasteiger partial charge in [-0.2, -0.15) is 0 Å². The Balaban J connectivity index is 2.10. The van der Waals surface area contributed by atoms with E-state index in [9.17, 15) is 5.11 Å². The first-order valence-corrected chi connectivity index (χ1v) is 5.50. The quantitative estimate of drug-likeness (QED) is 0.707. The van der Waals surface area contributed by atoms with Gasteiger partial charge in [0.05, 0.1) is 5.60 Å². The molecule has 1 N–H and O–H groups in total. The van der Waals surface area contributed by atoms with Crippen molar-refractivity contribution in [2.75, 3.05) is 19.6 Å². The molecule has 0 radical (unpaired) electrons. The average Bonchev–Trinajstić information content (AvgIpc) is 1.97. The summed E-state index contributed by atoms with van der Waals surface area (Å²) in [5.74, 6) is 0.778. The summed E-state index contributed by atoms with van der Waals surface area (Å²) in [7, 11) is 0. The first kappa shape index (κ1) is 11.0. The molecule has 0 amide bonds. The minimum atomic E-state index is -0.342. The Morgan fingerprint density at radius 3 is 2.46 bits per heavy atom. The van der Waals surface area contributed by atoms with E-state index in [1.807, 2.05) is 0 Å². The van der Waals surface area contributed by atoms with Crippen molar-refractivity contribution >= 4 is 0 Å². The highest BCUT2D eigenvalue weighted by molar-refractivity contribution is 4.94. The summed E-state index contributed by atoms with van der Waals surface area (Å²) in [6.07, 6.45) is 3.31. The maximum atomic E-state index is 9.90. The molecule has 0 aromatic heterocycles. The summed E-state index contributed by atoms with van der Waals surface area (Å²) in [5, 5.41) is 9.90. The van der Waals surface area contributed by atoms with Gasteiger partial charge in [0.2, 0.25) is 0 Å². The summed E-state index contributed by atoms with van der Waals surface area (Å²) in [6.45, 7) is 9.58. The molecule has 0 bridgehead atoms. The molecule has 0 atom stereocenters. The lowest BCUT2D eigenvalue weighted by molar-refractivity contribution is -0.103. The molecule has 78 valence electrons. The van der Waals surface area contributed by atoms with Gasteiger partial charge in [-0.05, 0) is 25.3 Å². The van der Waals surface area contributed by atoms with Gasteiger partial charge in [0, 0.05) is 13.1 Å². The lowest BCUT2D eigenvalue weighted by Crippen LogP contribution is -2.61. The number of aliphatic hydroxyl groups is 1. The second kappa shape index (κ2) is 4.43. The van der Waals surface area contributed by atoms with E-state index >= 15 is 0 Å². The molecule has 0 aromatic rings. The van der Waals surface area contributed by atoms with E-state index in [0.29, 0.717) is 0 Å². The fraction of sp³-hybridized carbons (Fsp3) is 1.00. The Bertz CT molecular complexity index is 150. The van der Waals surface area contributed by atoms with Crippen LogP contribution >= 0.6 is 0 Å². The molecule has 1 aliphatic heterocycles. The zero-order valence-electron chi connectivity index (χ0n) is 9.21. The Hall–Kier alpha value is -0.0800. The van der Waals surface area contributed by atoms with Gasteiger partial charge in [0.15, 0.2) is 0 Å². The number of rotatable bonds is 5. The van der Waals surface area contributed by atoms with Crippen LogP contribution in [0.15, 0.2) is 0 Å². The Morgan fingerprint density at radius 1 is 1.38 bits per heavy atom. The summed E-state index contributed by atoms with van der Waals surface area (Å²) in [5.41, 5.74) is -0.342. The summed E-state index contributed by atoms with van der Waals surface area (Å²) in [4.78, 5) is 2.36. The Labute approximate surface area is 81.9 Å². The predicted molar refractivity (Wildman–Crippen MR) is 55.8 cm³/mol. The monoisotopic (exact) mass is 185 g/mol. The van der Waals surface area contributed by atoms with E-state index < -0.39 is 0 Å². The van der Waals surface area contributed by atoms with Crippen LogP contribution in [-0.2, 0) is 0 Å². The number of hydrogen-bond acceptors (Lipinski definition) is 2. The van der Waals surface area contributed by atoms with Crippen molar-refractivity contribution in [3.05, 3.63) is 0 Å². The van der Waals surface area contributed by atoms with E-state index in [1.165, 1.54) is 6.42 Å². The molecule has 1 fully saturated rings. The molecule has 0 saturated carbocycles. The minimum Gasteiger partial charge on any atom is -0.387 e. The summed E-state index contributed by atoms with van der Waals surface area (Å²) >= 11 is 0. The standard InChI is InChI=1S/C11H23NO/c1-4-6-11(13)8-12(9-11)7-5-10(2)3/h10,13H,4-9H2,1-3H3. The normalized spacial score (nSPS) is 21.9. The van der Waals surface area contributed by atoms with Crippen LogP contribution in [0, 0.1) is 5.92 Å². The van der Waals surface area contributed by atoms with Crippen molar-refractivity contribution in [1.82, 2.24) is 4.90 Å². The van der Waals surface area contributed by atoms with Crippen LogP contribution < -0.4 is 0 Å². The number of β-amino-alcohol motifs (C(OH)–C–C–N with tert-alkyl or cyclic N) is 1. The van der Waals surface area contributed by atoms with Crippen LogP contribution in [0.1, 0.15) is 40.0 Å². The third-order valence-electron chi connectivity index (χ3n) is 2.77. The Morgan fingerprint density at radius 2 is 2.00 bits per heavy atom. The first-order chi connectivity index (χ1) is 6.06. The predicted octanol–water partition coefficient (Wildman–Crippen LogP) is 1.88. The van der Waals surface area contributed by atoms with Crippen molar-refractivity contribution < 1.29 is 5.11 Å². The van der Waals surface area contributed by atoms with Gasteiger partial charge in [0.1, 0.15) is 0 Å². The van der Waals surface area contributed by atoms with Gasteiger partial charge in [-0.25, -0.2) is 0 Å². The summed E-state index contributed by atoms with van der Waals surface area (Å²) in [6, 6.07) is 0. The third-order valence-corrected chi connectivity index (χ3v) is 2.77. The largest absolute Gasteiger partial charge is 0.387 e. The van der Waals surface area contributed by atoms with Gasteiger partial charge >= 0.3 is 0 Å². The molecule has 1 rings (SSSR count). The van der Waals surface area contributed by atoms with Crippen LogP contribution in [0.4, 0.5) is 0 Å². The molecule has 1 aliphatic rings. The molecule has 0 unspecified atom stereocenters. The van der Waals surface area contributed by atoms with Gasteiger partial charge in [-0.3, -0.25) is 4.90 Å². The fourth-order valence-electron chi connectivity index (χ4n) is 2.01. The topological polar surface area (TPSA) is 23.5 Å². The van der Waals surface area contributed by atoms with Crippen molar-refractivity contribution in [3.8, 4) is 0 Å². The molecular formula is C11H23NO. The van der Waals surface area contributed by atoms with Crippen molar-refractivity contribution in [3.63, 3.8) is 0 Å². The van der Waals surface area contributed by atoms with E-state index in [0.717, 1.165) is 38.4 Å². The smallest absolute Gasteiger partial charge is 0.0900 e. The number of likely N-dealkylation sites (tertiary alicyclic amines) is 1. The van der Waals surface area contributed by atoms with Crippen LogP contribution in [0.5, 0.6) is 0 Å². The fourth-order valence-corrected chi connectivity index (χ4v) is 2.01. The lowest BCUT2D eigenvalue weighted by atomic mass is 9.89. The van der Waals surface area contributed by atoms with E-state index in [2.05, 4.69) is 25.7 Å². The number of hydrogen-bond donors (Lipinski definition) is 1. The minimum absolute atomic E-state index is 0.342. The zero-order chi connectivity index (χ0) is 9.90. The van der Waals surface area contributed by atoms with Gasteiger partial charge in [-0.15, -0.1) is 0 Å². The SMILES string of the molecule is CCCC1(O)CN(CCC(C)C)C1. The van der Waals surface area contributed by atoms with E-state index in [1.54, 1.807) is 0 Å². The first-order valence-electron chi connectivity index (χ1n) is 5.50. The van der Waals surface area contributed by atoms with Crippen LogP contribution in [-0.4, -0.2) is 35.2 Å². The number of nitrogens with zero attached hydrogens (tertiary/aromatic N) is 1. The van der Waals surface area contributed by atoms with Crippen molar-refractivity contribution in [1.29, 1.82) is 0 Å². The van der Waals surface area contributed by atoms with Gasteiger partial charge in [-0.1, -0.05) is 27.2 Å². The van der Waals surface area contributed by atoms with Crippen LogP contribution in [0.2, 0.25) is 0 Å². The molecule has 1 saturated heterocycles. The molecule has 0 spiro atoms. The van der Waals surface area contributed by atoms with Gasteiger partial charge < -0.3 is 5.11 Å². The lowest BCUT2D eigenvalue weighted by Gasteiger charge is -2.47. The highest BCUT2D eigenvalue weighted by Gasteiger charge is 2.39. The molecule has 2 heteroatoms.